The number of amides is 1. The Morgan fingerprint density at radius 2 is 1.89 bits per heavy atom. The van der Waals surface area contributed by atoms with Crippen molar-refractivity contribution in [2.45, 2.75) is 6.54 Å². The van der Waals surface area contributed by atoms with Crippen LogP contribution < -0.4 is 10.9 Å². The van der Waals surface area contributed by atoms with Gasteiger partial charge in [0.1, 0.15) is 12.3 Å². The van der Waals surface area contributed by atoms with E-state index in [2.05, 4.69) is 22.1 Å². The van der Waals surface area contributed by atoms with Crippen molar-refractivity contribution in [1.82, 2.24) is 10.3 Å². The monoisotopic (exact) mass is 382 g/mol. The summed E-state index contributed by atoms with van der Waals surface area (Å²) in [5.74, 6) is 4.23. The highest BCUT2D eigenvalue weighted by Crippen LogP contribution is 2.25. The first-order chi connectivity index (χ1) is 13.0. The lowest BCUT2D eigenvalue weighted by atomic mass is 10.1. The van der Waals surface area contributed by atoms with Crippen molar-refractivity contribution in [2.24, 2.45) is 0 Å². The maximum atomic E-state index is 12.4. The molecule has 4 N–H and O–H groups in total. The van der Waals surface area contributed by atoms with Crippen molar-refractivity contribution in [3.05, 3.63) is 74.7 Å². The number of halogens is 1. The Labute approximate surface area is 159 Å². The topological polar surface area (TPSA) is 102 Å². The van der Waals surface area contributed by atoms with Crippen LogP contribution in [0.1, 0.15) is 21.6 Å². The second-order valence-electron chi connectivity index (χ2n) is 5.71. The summed E-state index contributed by atoms with van der Waals surface area (Å²) < 4.78 is 0. The lowest BCUT2D eigenvalue weighted by molar-refractivity contribution is 0.0943. The maximum Gasteiger partial charge on any atom is 0.271 e. The molecule has 6 nitrogen and oxygen atoms in total. The van der Waals surface area contributed by atoms with Crippen LogP contribution in [-0.4, -0.2) is 27.7 Å². The molecule has 3 aromatic rings. The van der Waals surface area contributed by atoms with Gasteiger partial charge in [0.15, 0.2) is 5.75 Å². The van der Waals surface area contributed by atoms with Crippen LogP contribution in [0.5, 0.6) is 5.75 Å². The summed E-state index contributed by atoms with van der Waals surface area (Å²) in [4.78, 5) is 27.1. The van der Waals surface area contributed by atoms with Crippen molar-refractivity contribution in [2.75, 3.05) is 6.61 Å². The van der Waals surface area contributed by atoms with E-state index in [4.69, 9.17) is 16.7 Å². The van der Waals surface area contributed by atoms with Gasteiger partial charge in [-0.05, 0) is 35.9 Å². The number of aromatic amines is 1. The Morgan fingerprint density at radius 3 is 2.59 bits per heavy atom. The summed E-state index contributed by atoms with van der Waals surface area (Å²) in [7, 11) is 0. The van der Waals surface area contributed by atoms with Crippen LogP contribution in [-0.2, 0) is 6.54 Å². The lowest BCUT2D eigenvalue weighted by Gasteiger charge is -2.09. The van der Waals surface area contributed by atoms with Crippen molar-refractivity contribution in [3.8, 4) is 17.6 Å². The van der Waals surface area contributed by atoms with Crippen LogP contribution in [0, 0.1) is 11.8 Å². The Morgan fingerprint density at radius 1 is 1.15 bits per heavy atom. The Hall–Kier alpha value is -3.27. The first-order valence-corrected chi connectivity index (χ1v) is 8.39. The number of benzene rings is 2. The van der Waals surface area contributed by atoms with E-state index >= 15 is 0 Å². The summed E-state index contributed by atoms with van der Waals surface area (Å²) >= 11 is 5.82. The number of aromatic hydroxyl groups is 1. The summed E-state index contributed by atoms with van der Waals surface area (Å²) in [6.07, 6.45) is 0. The van der Waals surface area contributed by atoms with Crippen molar-refractivity contribution in [3.63, 3.8) is 0 Å². The standard InChI is InChI=1S/C20H15ClN2O4/c21-14-6-3-13(4-7-14)11-22-20(27)17-18(25)16-10-12(2-1-9-24)5-8-15(16)19(26)23-17/h3-8,10,24-25H,9,11H2,(H,22,27)(H,23,26). The zero-order valence-electron chi connectivity index (χ0n) is 14.0. The minimum Gasteiger partial charge on any atom is -0.505 e. The SMILES string of the molecule is O=C(NCc1ccc(Cl)cc1)c1[nH]c(=O)c2ccc(C#CCO)cc2c1O. The Bertz CT molecular complexity index is 1120. The number of hydrogen-bond donors (Lipinski definition) is 4. The number of pyridine rings is 1. The summed E-state index contributed by atoms with van der Waals surface area (Å²) in [5.41, 5.74) is 0.594. The van der Waals surface area contributed by atoms with Gasteiger partial charge in [0.05, 0.1) is 5.39 Å². The highest BCUT2D eigenvalue weighted by Gasteiger charge is 2.17. The number of aliphatic hydroxyl groups excluding tert-OH is 1. The highest BCUT2D eigenvalue weighted by molar-refractivity contribution is 6.30. The van der Waals surface area contributed by atoms with E-state index < -0.39 is 11.5 Å². The molecule has 2 aromatic carbocycles. The quantitative estimate of drug-likeness (QED) is 0.521. The second kappa shape index (κ2) is 7.96. The van der Waals surface area contributed by atoms with Crippen molar-refractivity contribution >= 4 is 28.3 Å². The molecule has 136 valence electrons. The van der Waals surface area contributed by atoms with E-state index in [1.165, 1.54) is 12.1 Å². The van der Waals surface area contributed by atoms with Gasteiger partial charge in [-0.1, -0.05) is 35.6 Å². The summed E-state index contributed by atoms with van der Waals surface area (Å²) in [5, 5.41) is 22.9. The summed E-state index contributed by atoms with van der Waals surface area (Å²) in [6, 6.07) is 11.5. The van der Waals surface area contributed by atoms with Crippen molar-refractivity contribution in [1.29, 1.82) is 0 Å². The molecule has 1 amide bonds. The zero-order valence-corrected chi connectivity index (χ0v) is 14.8. The number of carbonyl (C=O) groups excluding carboxylic acids is 1. The van der Waals surface area contributed by atoms with Crippen molar-refractivity contribution < 1.29 is 15.0 Å². The lowest BCUT2D eigenvalue weighted by Crippen LogP contribution is -2.26. The number of nitrogens with one attached hydrogen (secondary N) is 2. The fraction of sp³-hybridized carbons (Fsp3) is 0.100. The minimum absolute atomic E-state index is 0.206. The van der Waals surface area contributed by atoms with Gasteiger partial charge in [-0.3, -0.25) is 9.59 Å². The van der Waals surface area contributed by atoms with E-state index in [1.54, 1.807) is 30.3 Å². The molecule has 0 spiro atoms. The number of fused-ring (bicyclic) bond motifs is 1. The van der Waals surface area contributed by atoms with E-state index in [0.717, 1.165) is 5.56 Å². The second-order valence-corrected chi connectivity index (χ2v) is 6.14. The van der Waals surface area contributed by atoms with E-state index in [9.17, 15) is 14.7 Å². The van der Waals surface area contributed by atoms with Crippen LogP contribution in [0.25, 0.3) is 10.8 Å². The minimum atomic E-state index is -0.617. The molecule has 0 aliphatic carbocycles. The number of H-pyrrole nitrogens is 1. The number of rotatable bonds is 3. The van der Waals surface area contributed by atoms with Crippen LogP contribution in [0.2, 0.25) is 5.02 Å². The van der Waals surface area contributed by atoms with Gasteiger partial charge in [-0.25, -0.2) is 0 Å². The zero-order chi connectivity index (χ0) is 19.4. The molecule has 3 rings (SSSR count). The first-order valence-electron chi connectivity index (χ1n) is 8.01. The smallest absolute Gasteiger partial charge is 0.271 e. The Balaban J connectivity index is 1.93. The maximum absolute atomic E-state index is 12.4. The average Bonchev–Trinajstić information content (AvgIpc) is 2.68. The first kappa shape index (κ1) is 18.5. The molecule has 0 aliphatic rings. The van der Waals surface area contributed by atoms with Gasteiger partial charge in [0.2, 0.25) is 0 Å². The summed E-state index contributed by atoms with van der Waals surface area (Å²) in [6.45, 7) is -0.102. The molecular weight excluding hydrogens is 368 g/mol. The third-order valence-electron chi connectivity index (χ3n) is 3.90. The average molecular weight is 383 g/mol. The molecule has 0 saturated carbocycles. The van der Waals surface area contributed by atoms with Gasteiger partial charge < -0.3 is 20.5 Å². The normalized spacial score (nSPS) is 10.3. The molecule has 1 aromatic heterocycles. The van der Waals surface area contributed by atoms with Crippen LogP contribution >= 0.6 is 11.6 Å². The number of aliphatic hydroxyl groups is 1. The van der Waals surface area contributed by atoms with Gasteiger partial charge in [0.25, 0.3) is 11.5 Å². The Kier molecular flexibility index (Phi) is 5.46. The van der Waals surface area contributed by atoms with Gasteiger partial charge >= 0.3 is 0 Å². The molecule has 0 atom stereocenters. The molecule has 1 heterocycles. The molecule has 0 radical (unpaired) electrons. The molecule has 0 unspecified atom stereocenters. The fourth-order valence-electron chi connectivity index (χ4n) is 2.57. The molecule has 0 fully saturated rings. The molecule has 0 saturated heterocycles. The molecule has 0 bridgehead atoms. The molecule has 0 aliphatic heterocycles. The predicted octanol–water partition coefficient (Wildman–Crippen LogP) is 2.16. The van der Waals surface area contributed by atoms with E-state index in [-0.39, 0.29) is 35.4 Å². The number of hydrogen-bond acceptors (Lipinski definition) is 4. The third kappa shape index (κ3) is 4.11. The third-order valence-corrected chi connectivity index (χ3v) is 4.15. The van der Waals surface area contributed by atoms with Gasteiger partial charge in [0, 0.05) is 22.5 Å². The van der Waals surface area contributed by atoms with Crippen LogP contribution in [0.3, 0.4) is 0 Å². The predicted molar refractivity (Wildman–Crippen MR) is 103 cm³/mol. The molecule has 7 heteroatoms. The van der Waals surface area contributed by atoms with Crippen LogP contribution in [0.15, 0.2) is 47.3 Å². The number of carbonyl (C=O) groups is 1. The van der Waals surface area contributed by atoms with Gasteiger partial charge in [-0.2, -0.15) is 0 Å². The van der Waals surface area contributed by atoms with Crippen LogP contribution in [0.4, 0.5) is 0 Å². The molecular formula is C20H15ClN2O4. The fourth-order valence-corrected chi connectivity index (χ4v) is 2.70. The van der Waals surface area contributed by atoms with E-state index in [0.29, 0.717) is 10.6 Å². The highest BCUT2D eigenvalue weighted by atomic mass is 35.5. The molecule has 27 heavy (non-hydrogen) atoms. The largest absolute Gasteiger partial charge is 0.505 e. The van der Waals surface area contributed by atoms with E-state index in [1.807, 2.05) is 0 Å². The van der Waals surface area contributed by atoms with Gasteiger partial charge in [-0.15, -0.1) is 0 Å². The number of aromatic nitrogens is 1.